The van der Waals surface area contributed by atoms with Gasteiger partial charge in [-0.3, -0.25) is 23.5 Å². The topological polar surface area (TPSA) is 118 Å². The van der Waals surface area contributed by atoms with Gasteiger partial charge >= 0.3 is 5.69 Å². The second-order valence-electron chi connectivity index (χ2n) is 10.4. The molecule has 0 fully saturated rings. The number of hydrogen-bond acceptors (Lipinski definition) is 8. The molecule has 5 rings (SSSR count). The monoisotopic (exact) mass is 659 g/mol. The fraction of sp³-hybridized carbons (Fsp3) is 0.235. The minimum atomic E-state index is -0.580. The second kappa shape index (κ2) is 14.7. The summed E-state index contributed by atoms with van der Waals surface area (Å²) < 4.78 is 18.9. The molecule has 2 unspecified atom stereocenters. The van der Waals surface area contributed by atoms with Gasteiger partial charge in [0.15, 0.2) is 5.78 Å². The van der Waals surface area contributed by atoms with Crippen LogP contribution < -0.4 is 26.0 Å². The van der Waals surface area contributed by atoms with E-state index >= 15 is 0 Å². The lowest BCUT2D eigenvalue weighted by Crippen LogP contribution is -2.41. The van der Waals surface area contributed by atoms with Gasteiger partial charge in [0.2, 0.25) is 6.41 Å². The van der Waals surface area contributed by atoms with Crippen LogP contribution >= 0.6 is 20.1 Å². The number of thiophene rings is 1. The number of amides is 1. The van der Waals surface area contributed by atoms with E-state index in [9.17, 15) is 19.2 Å². The van der Waals surface area contributed by atoms with Crippen LogP contribution in [0.3, 0.4) is 0 Å². The number of nitrogens with one attached hydrogen (secondary N) is 1. The maximum Gasteiger partial charge on any atom is 0.332 e. The van der Waals surface area contributed by atoms with Crippen molar-refractivity contribution in [1.29, 1.82) is 0 Å². The highest BCUT2D eigenvalue weighted by Gasteiger charge is 2.21. The summed E-state index contributed by atoms with van der Waals surface area (Å²) in [6, 6.07) is 21.8. The lowest BCUT2D eigenvalue weighted by atomic mass is 9.97. The summed E-state index contributed by atoms with van der Waals surface area (Å²) >= 11 is 1.39. The molecular weight excluding hydrogens is 625 g/mol. The van der Waals surface area contributed by atoms with Gasteiger partial charge < -0.3 is 19.3 Å². The van der Waals surface area contributed by atoms with Crippen LogP contribution in [-0.4, -0.2) is 42.7 Å². The molecule has 5 aromatic rings. The van der Waals surface area contributed by atoms with E-state index in [1.54, 1.807) is 44.6 Å². The number of carbonyl (C=O) groups excluding carboxylic acids is 2. The highest BCUT2D eigenvalue weighted by molar-refractivity contribution is 7.32. The van der Waals surface area contributed by atoms with E-state index in [-0.39, 0.29) is 26.9 Å². The molecule has 3 aromatic carbocycles. The Morgan fingerprint density at radius 3 is 2.41 bits per heavy atom. The van der Waals surface area contributed by atoms with E-state index in [2.05, 4.69) is 5.32 Å². The van der Waals surface area contributed by atoms with E-state index in [4.69, 9.17) is 14.0 Å². The molecule has 238 valence electrons. The van der Waals surface area contributed by atoms with Gasteiger partial charge in [0, 0.05) is 31.9 Å². The van der Waals surface area contributed by atoms with Crippen molar-refractivity contribution in [2.45, 2.75) is 32.2 Å². The number of ether oxygens (including phenoxy) is 2. The molecule has 0 bridgehead atoms. The predicted octanol–water partition coefficient (Wildman–Crippen LogP) is 5.39. The highest BCUT2D eigenvalue weighted by atomic mass is 32.1. The Labute approximate surface area is 271 Å². The number of aryl methyl sites for hydroxylation is 1. The van der Waals surface area contributed by atoms with Gasteiger partial charge in [-0.2, -0.15) is 0 Å². The Bertz CT molecular complexity index is 2000. The van der Waals surface area contributed by atoms with Crippen molar-refractivity contribution in [3.63, 3.8) is 0 Å². The fourth-order valence-electron chi connectivity index (χ4n) is 5.31. The smallest absolute Gasteiger partial charge is 0.332 e. The van der Waals surface area contributed by atoms with Crippen LogP contribution in [0, 0.1) is 0 Å². The summed E-state index contributed by atoms with van der Waals surface area (Å²) in [5, 5.41) is 3.22. The van der Waals surface area contributed by atoms with Crippen molar-refractivity contribution in [1.82, 2.24) is 14.5 Å². The molecule has 0 saturated carbocycles. The standard InChI is InChI=1S/C34H34N3O7PS/c1-5-25-17-28-32(40)36(19-29(39)21-12-14-24(42-2)15-13-21)34(41)37(33(28)46-25)18-23-11-10-22(16-30(23)43-3)26-8-6-7-9-27(26)31(35-20-38)45-44-4/h6-17,20,31,45H,5,18-19H2,1-4H3,(H,35,38). The molecule has 10 nitrogen and oxygen atoms in total. The van der Waals surface area contributed by atoms with Crippen molar-refractivity contribution in [3.05, 3.63) is 115 Å². The zero-order valence-electron chi connectivity index (χ0n) is 25.9. The van der Waals surface area contributed by atoms with Crippen LogP contribution in [0.1, 0.15) is 39.1 Å². The van der Waals surface area contributed by atoms with E-state index in [1.807, 2.05) is 49.4 Å². The zero-order valence-corrected chi connectivity index (χ0v) is 27.7. The Balaban J connectivity index is 1.57. The van der Waals surface area contributed by atoms with Crippen LogP contribution in [0.5, 0.6) is 11.5 Å². The second-order valence-corrected chi connectivity index (χ2v) is 12.7. The van der Waals surface area contributed by atoms with E-state index in [1.165, 1.54) is 23.0 Å². The number of carbonyl (C=O) groups is 2. The molecule has 1 amide bonds. The number of benzene rings is 3. The molecule has 2 heterocycles. The minimum Gasteiger partial charge on any atom is -0.497 e. The maximum atomic E-state index is 14.0. The zero-order chi connectivity index (χ0) is 32.8. The van der Waals surface area contributed by atoms with Crippen LogP contribution in [0.15, 0.2) is 82.4 Å². The highest BCUT2D eigenvalue weighted by Crippen LogP contribution is 2.39. The lowest BCUT2D eigenvalue weighted by molar-refractivity contribution is -0.109. The Hall–Kier alpha value is -4.57. The summed E-state index contributed by atoms with van der Waals surface area (Å²) in [7, 11) is 4.70. The molecular formula is C34H34N3O7PS. The van der Waals surface area contributed by atoms with E-state index < -0.39 is 17.8 Å². The normalized spacial score (nSPS) is 12.0. The molecule has 0 saturated heterocycles. The Kier molecular flexibility index (Phi) is 10.5. The number of aromatic nitrogens is 2. The summed E-state index contributed by atoms with van der Waals surface area (Å²) in [6.45, 7) is 1.70. The first-order chi connectivity index (χ1) is 22.3. The van der Waals surface area contributed by atoms with Gasteiger partial charge in [-0.25, -0.2) is 4.79 Å². The predicted molar refractivity (Wildman–Crippen MR) is 182 cm³/mol. The minimum absolute atomic E-state index is 0.0160. The van der Waals surface area contributed by atoms with Crippen LogP contribution in [-0.2, 0) is 28.8 Å². The average Bonchev–Trinajstić information content (AvgIpc) is 3.53. The quantitative estimate of drug-likeness (QED) is 0.0966. The molecule has 1 N–H and O–H groups in total. The van der Waals surface area contributed by atoms with Crippen molar-refractivity contribution >= 4 is 42.6 Å². The van der Waals surface area contributed by atoms with Crippen molar-refractivity contribution < 1.29 is 23.6 Å². The molecule has 0 aliphatic carbocycles. The first-order valence-electron chi connectivity index (χ1n) is 14.5. The third kappa shape index (κ3) is 6.67. The van der Waals surface area contributed by atoms with Crippen LogP contribution in [0.4, 0.5) is 0 Å². The largest absolute Gasteiger partial charge is 0.497 e. The van der Waals surface area contributed by atoms with Crippen LogP contribution in [0.2, 0.25) is 0 Å². The Morgan fingerprint density at radius 2 is 1.74 bits per heavy atom. The van der Waals surface area contributed by atoms with Gasteiger partial charge in [0.05, 0.1) is 38.5 Å². The van der Waals surface area contributed by atoms with Gasteiger partial charge in [0.25, 0.3) is 5.56 Å². The van der Waals surface area contributed by atoms with Gasteiger partial charge in [-0.1, -0.05) is 43.3 Å². The molecule has 0 aliphatic heterocycles. The molecule has 46 heavy (non-hydrogen) atoms. The van der Waals surface area contributed by atoms with Gasteiger partial charge in [-0.15, -0.1) is 11.3 Å². The summed E-state index contributed by atoms with van der Waals surface area (Å²) in [5.41, 5.74) is 2.65. The summed E-state index contributed by atoms with van der Waals surface area (Å²) in [6.07, 6.45) is 1.35. The molecule has 0 aliphatic rings. The SMILES string of the molecule is CCc1cc2c(=O)n(CC(=O)c3ccc(OC)cc3)c(=O)n(Cc3ccc(-c4ccccc4C(NC=O)POC)cc3OC)c2s1. The molecule has 2 atom stereocenters. The molecule has 0 spiro atoms. The summed E-state index contributed by atoms with van der Waals surface area (Å²) in [4.78, 5) is 53.6. The van der Waals surface area contributed by atoms with Crippen molar-refractivity contribution in [3.8, 4) is 22.6 Å². The van der Waals surface area contributed by atoms with Gasteiger partial charge in [-0.05, 0) is 59.5 Å². The number of methoxy groups -OCH3 is 2. The van der Waals surface area contributed by atoms with Crippen molar-refractivity contribution in [2.75, 3.05) is 21.3 Å². The molecule has 2 aromatic heterocycles. The fourth-order valence-corrected chi connectivity index (χ4v) is 7.14. The number of nitrogens with zero attached hydrogens (tertiary/aromatic N) is 2. The van der Waals surface area contributed by atoms with Crippen LogP contribution in [0.25, 0.3) is 21.3 Å². The third-order valence-electron chi connectivity index (χ3n) is 7.68. The molecule has 0 radical (unpaired) electrons. The molecule has 12 heteroatoms. The van der Waals surface area contributed by atoms with Gasteiger partial charge in [0.1, 0.15) is 16.3 Å². The number of hydrogen-bond donors (Lipinski definition) is 1. The van der Waals surface area contributed by atoms with E-state index in [0.29, 0.717) is 45.7 Å². The summed E-state index contributed by atoms with van der Waals surface area (Å²) in [5.74, 6) is 0.445. The number of fused-ring (bicyclic) bond motifs is 1. The first kappa shape index (κ1) is 32.8. The third-order valence-corrected chi connectivity index (χ3v) is 9.93. The number of Topliss-reactive ketones (excluding diaryl/α,β-unsaturated/α-hetero) is 1. The maximum absolute atomic E-state index is 14.0. The Morgan fingerprint density at radius 1 is 0.978 bits per heavy atom. The number of rotatable bonds is 14. The van der Waals surface area contributed by atoms with E-state index in [0.717, 1.165) is 26.1 Å². The van der Waals surface area contributed by atoms with Crippen molar-refractivity contribution in [2.24, 2.45) is 0 Å². The lowest BCUT2D eigenvalue weighted by Gasteiger charge is -2.20. The number of ketones is 1. The first-order valence-corrected chi connectivity index (χ1v) is 16.3. The average molecular weight is 660 g/mol.